The normalized spacial score (nSPS) is 13.5. The predicted molar refractivity (Wildman–Crippen MR) is 106 cm³/mol. The first-order chi connectivity index (χ1) is 13.5. The van der Waals surface area contributed by atoms with Gasteiger partial charge in [0, 0.05) is 24.7 Å². The molecule has 1 aliphatic rings. The first-order valence-electron chi connectivity index (χ1n) is 9.21. The highest BCUT2D eigenvalue weighted by Crippen LogP contribution is 2.22. The van der Waals surface area contributed by atoms with E-state index in [9.17, 15) is 14.4 Å². The van der Waals surface area contributed by atoms with Gasteiger partial charge in [0.1, 0.15) is 5.75 Å². The van der Waals surface area contributed by atoms with Gasteiger partial charge in [0.25, 0.3) is 17.4 Å². The smallest absolute Gasteiger partial charge is 0.261 e. The highest BCUT2D eigenvalue weighted by atomic mass is 16.5. The summed E-state index contributed by atoms with van der Waals surface area (Å²) in [6.07, 6.45) is 1.74. The molecule has 0 radical (unpaired) electrons. The number of rotatable bonds is 5. The van der Waals surface area contributed by atoms with Crippen LogP contribution in [0.4, 0.5) is 0 Å². The van der Waals surface area contributed by atoms with Crippen LogP contribution in [0.3, 0.4) is 0 Å². The summed E-state index contributed by atoms with van der Waals surface area (Å²) in [5, 5.41) is 1.36. The number of hydrogen-bond donors (Lipinski definition) is 0. The van der Waals surface area contributed by atoms with Crippen molar-refractivity contribution >= 4 is 22.6 Å². The minimum atomic E-state index is -0.315. The van der Waals surface area contributed by atoms with E-state index in [0.717, 1.165) is 5.39 Å². The average molecular weight is 376 g/mol. The van der Waals surface area contributed by atoms with E-state index in [2.05, 4.69) is 0 Å². The third-order valence-electron chi connectivity index (χ3n) is 4.76. The van der Waals surface area contributed by atoms with E-state index in [4.69, 9.17) is 4.74 Å². The first-order valence-corrected chi connectivity index (χ1v) is 9.21. The second-order valence-electron chi connectivity index (χ2n) is 7.04. The van der Waals surface area contributed by atoms with Gasteiger partial charge in [-0.2, -0.15) is 0 Å². The maximum atomic E-state index is 12.8. The van der Waals surface area contributed by atoms with E-state index in [0.29, 0.717) is 22.3 Å². The Bertz CT molecular complexity index is 1110. The van der Waals surface area contributed by atoms with Crippen molar-refractivity contribution in [3.63, 3.8) is 0 Å². The van der Waals surface area contributed by atoms with Gasteiger partial charge >= 0.3 is 0 Å². The number of imide groups is 1. The van der Waals surface area contributed by atoms with Crippen molar-refractivity contribution in [3.05, 3.63) is 76.2 Å². The lowest BCUT2D eigenvalue weighted by atomic mass is 10.1. The van der Waals surface area contributed by atoms with Crippen molar-refractivity contribution in [3.8, 4) is 5.75 Å². The monoisotopic (exact) mass is 376 g/mol. The molecule has 28 heavy (non-hydrogen) atoms. The molecule has 0 spiro atoms. The van der Waals surface area contributed by atoms with Crippen LogP contribution < -0.4 is 10.3 Å². The first kappa shape index (κ1) is 18.0. The Morgan fingerprint density at radius 1 is 0.893 bits per heavy atom. The highest BCUT2D eigenvalue weighted by molar-refractivity contribution is 6.21. The van der Waals surface area contributed by atoms with Gasteiger partial charge in [-0.25, -0.2) is 0 Å². The predicted octanol–water partition coefficient (Wildman–Crippen LogP) is 3.08. The summed E-state index contributed by atoms with van der Waals surface area (Å²) in [6.45, 7) is 4.28. The third-order valence-corrected chi connectivity index (χ3v) is 4.76. The van der Waals surface area contributed by atoms with Gasteiger partial charge in [-0.1, -0.05) is 12.1 Å². The number of fused-ring (bicyclic) bond motifs is 2. The van der Waals surface area contributed by atoms with Gasteiger partial charge in [0.2, 0.25) is 0 Å². The van der Waals surface area contributed by atoms with Crippen LogP contribution in [0.5, 0.6) is 5.75 Å². The molecule has 0 bridgehead atoms. The van der Waals surface area contributed by atoms with Crippen LogP contribution in [0.2, 0.25) is 0 Å². The molecule has 4 rings (SSSR count). The van der Waals surface area contributed by atoms with Gasteiger partial charge in [-0.15, -0.1) is 0 Å². The number of pyridine rings is 1. The minimum Gasteiger partial charge on any atom is -0.491 e. The molecule has 2 amide bonds. The lowest BCUT2D eigenvalue weighted by molar-refractivity contribution is 0.0648. The zero-order valence-electron chi connectivity index (χ0n) is 15.7. The number of benzene rings is 2. The standard InChI is InChI=1S/C22H20N2O4/c1-14(2)28-16-7-8-17-15(13-16)9-10-23(20(17)25)11-12-24-21(26)18-5-3-4-6-19(18)22(24)27/h3-10,13-14H,11-12H2,1-2H3. The number of aromatic nitrogens is 1. The van der Waals surface area contributed by atoms with Crippen LogP contribution in [-0.4, -0.2) is 33.9 Å². The molecular weight excluding hydrogens is 356 g/mol. The van der Waals surface area contributed by atoms with E-state index in [1.54, 1.807) is 42.6 Å². The fourth-order valence-electron chi connectivity index (χ4n) is 3.44. The van der Waals surface area contributed by atoms with E-state index < -0.39 is 0 Å². The van der Waals surface area contributed by atoms with E-state index >= 15 is 0 Å². The topological polar surface area (TPSA) is 68.6 Å². The van der Waals surface area contributed by atoms with Crippen LogP contribution in [0, 0.1) is 0 Å². The number of ether oxygens (including phenoxy) is 1. The molecule has 0 atom stereocenters. The van der Waals surface area contributed by atoms with Gasteiger partial charge in [0.15, 0.2) is 0 Å². The molecule has 3 aromatic rings. The van der Waals surface area contributed by atoms with Gasteiger partial charge in [-0.3, -0.25) is 19.3 Å². The maximum absolute atomic E-state index is 12.8. The van der Waals surface area contributed by atoms with E-state index in [-0.39, 0.29) is 36.6 Å². The molecule has 0 N–H and O–H groups in total. The van der Waals surface area contributed by atoms with Crippen LogP contribution in [0.1, 0.15) is 34.6 Å². The summed E-state index contributed by atoms with van der Waals surface area (Å²) in [7, 11) is 0. The Morgan fingerprint density at radius 3 is 2.21 bits per heavy atom. The Hall–Kier alpha value is -3.41. The molecule has 1 aliphatic heterocycles. The average Bonchev–Trinajstić information content (AvgIpc) is 2.92. The van der Waals surface area contributed by atoms with Crippen molar-refractivity contribution in [2.75, 3.05) is 6.54 Å². The Morgan fingerprint density at radius 2 is 1.57 bits per heavy atom. The zero-order chi connectivity index (χ0) is 19.8. The molecule has 1 aromatic heterocycles. The summed E-state index contributed by atoms with van der Waals surface area (Å²) in [5.41, 5.74) is 0.664. The van der Waals surface area contributed by atoms with Crippen LogP contribution in [-0.2, 0) is 6.54 Å². The van der Waals surface area contributed by atoms with Gasteiger partial charge < -0.3 is 9.30 Å². The molecule has 0 aliphatic carbocycles. The molecule has 142 valence electrons. The number of hydrogen-bond acceptors (Lipinski definition) is 4. The SMILES string of the molecule is CC(C)Oc1ccc2c(=O)n(CCN3C(=O)c4ccccc4C3=O)ccc2c1. The number of carbonyl (C=O) groups excluding carboxylic acids is 2. The fourth-order valence-corrected chi connectivity index (χ4v) is 3.44. The summed E-state index contributed by atoms with van der Waals surface area (Å²) in [5.74, 6) is 0.0838. The molecular formula is C22H20N2O4. The van der Waals surface area contributed by atoms with Gasteiger partial charge in [0.05, 0.1) is 17.2 Å². The van der Waals surface area contributed by atoms with Crippen LogP contribution >= 0.6 is 0 Å². The van der Waals surface area contributed by atoms with Crippen molar-refractivity contribution in [1.82, 2.24) is 9.47 Å². The Kier molecular flexibility index (Phi) is 4.47. The largest absolute Gasteiger partial charge is 0.491 e. The third kappa shape index (κ3) is 3.07. The van der Waals surface area contributed by atoms with E-state index in [1.165, 1.54) is 9.47 Å². The lowest BCUT2D eigenvalue weighted by Crippen LogP contribution is -2.35. The zero-order valence-corrected chi connectivity index (χ0v) is 15.7. The maximum Gasteiger partial charge on any atom is 0.261 e. The van der Waals surface area contributed by atoms with Gasteiger partial charge in [-0.05, 0) is 55.6 Å². The van der Waals surface area contributed by atoms with E-state index in [1.807, 2.05) is 26.0 Å². The quantitative estimate of drug-likeness (QED) is 0.642. The second-order valence-corrected chi connectivity index (χ2v) is 7.04. The molecule has 2 aromatic carbocycles. The van der Waals surface area contributed by atoms with Crippen LogP contribution in [0.25, 0.3) is 10.8 Å². The van der Waals surface area contributed by atoms with Crippen molar-refractivity contribution in [1.29, 1.82) is 0 Å². The van der Waals surface area contributed by atoms with Crippen LogP contribution in [0.15, 0.2) is 59.5 Å². The molecule has 6 nitrogen and oxygen atoms in total. The highest BCUT2D eigenvalue weighted by Gasteiger charge is 2.34. The summed E-state index contributed by atoms with van der Waals surface area (Å²) < 4.78 is 7.19. The Balaban J connectivity index is 1.56. The Labute approximate surface area is 162 Å². The second kappa shape index (κ2) is 6.96. The fraction of sp³-hybridized carbons (Fsp3) is 0.227. The molecule has 0 saturated heterocycles. The summed E-state index contributed by atoms with van der Waals surface area (Å²) in [4.78, 5) is 38.9. The molecule has 6 heteroatoms. The molecule has 2 heterocycles. The number of nitrogens with zero attached hydrogens (tertiary/aromatic N) is 2. The molecule has 0 unspecified atom stereocenters. The number of carbonyl (C=O) groups is 2. The minimum absolute atomic E-state index is 0.0532. The number of amides is 2. The van der Waals surface area contributed by atoms with Crippen molar-refractivity contribution < 1.29 is 14.3 Å². The molecule has 0 saturated carbocycles. The molecule has 0 fully saturated rings. The van der Waals surface area contributed by atoms with Crippen molar-refractivity contribution in [2.24, 2.45) is 0 Å². The van der Waals surface area contributed by atoms with Crippen molar-refractivity contribution in [2.45, 2.75) is 26.5 Å². The summed E-state index contributed by atoms with van der Waals surface area (Å²) >= 11 is 0. The summed E-state index contributed by atoms with van der Waals surface area (Å²) in [6, 6.07) is 14.0. The lowest BCUT2D eigenvalue weighted by Gasteiger charge is -2.15.